The minimum absolute atomic E-state index is 0.129. The van der Waals surface area contributed by atoms with Crippen molar-refractivity contribution in [2.24, 2.45) is 0 Å². The number of carbonyl (C=O) groups excluding carboxylic acids is 1. The summed E-state index contributed by atoms with van der Waals surface area (Å²) in [5.41, 5.74) is -0.866. The van der Waals surface area contributed by atoms with Crippen molar-refractivity contribution in [3.63, 3.8) is 0 Å². The van der Waals surface area contributed by atoms with Crippen molar-refractivity contribution in [1.29, 1.82) is 0 Å². The summed E-state index contributed by atoms with van der Waals surface area (Å²) < 4.78 is 45.3. The zero-order valence-corrected chi connectivity index (χ0v) is 12.6. The van der Waals surface area contributed by atoms with E-state index in [1.807, 2.05) is 4.90 Å². The van der Waals surface area contributed by atoms with E-state index in [0.29, 0.717) is 31.5 Å². The molecule has 0 aromatic heterocycles. The van der Waals surface area contributed by atoms with E-state index in [4.69, 9.17) is 0 Å². The lowest BCUT2D eigenvalue weighted by Crippen LogP contribution is -2.44. The molecule has 0 saturated carbocycles. The van der Waals surface area contributed by atoms with E-state index in [1.165, 1.54) is 25.3 Å². The maximum Gasteiger partial charge on any atom is 0.573 e. The maximum atomic E-state index is 12.3. The normalized spacial score (nSPS) is 18.5. The molecule has 0 atom stereocenters. The van der Waals surface area contributed by atoms with Gasteiger partial charge in [-0.2, -0.15) is 0 Å². The third kappa shape index (κ3) is 4.84. The second kappa shape index (κ2) is 6.76. The lowest BCUT2D eigenvalue weighted by atomic mass is 9.84. The molecule has 1 aromatic carbocycles. The van der Waals surface area contributed by atoms with Crippen molar-refractivity contribution in [2.75, 3.05) is 26.7 Å². The molecule has 5 nitrogen and oxygen atoms in total. The van der Waals surface area contributed by atoms with Crippen LogP contribution in [0.25, 0.3) is 0 Å². The molecule has 2 rings (SSSR count). The van der Waals surface area contributed by atoms with Gasteiger partial charge in [-0.3, -0.25) is 9.69 Å². The number of esters is 1. The van der Waals surface area contributed by atoms with Gasteiger partial charge in [-0.25, -0.2) is 0 Å². The number of hydrogen-bond acceptors (Lipinski definition) is 5. The molecule has 1 saturated heterocycles. The summed E-state index contributed by atoms with van der Waals surface area (Å²) in [4.78, 5) is 13.1. The molecule has 23 heavy (non-hydrogen) atoms. The molecule has 1 aromatic rings. The first-order valence-corrected chi connectivity index (χ1v) is 7.10. The lowest BCUT2D eigenvalue weighted by Gasteiger charge is -2.38. The Kier molecular flexibility index (Phi) is 5.16. The van der Waals surface area contributed by atoms with E-state index in [9.17, 15) is 23.1 Å². The van der Waals surface area contributed by atoms with Crippen molar-refractivity contribution < 1.29 is 32.5 Å². The van der Waals surface area contributed by atoms with Gasteiger partial charge in [-0.1, -0.05) is 12.1 Å². The number of likely N-dealkylation sites (tertiary alicyclic amines) is 1. The Labute approximate surface area is 131 Å². The summed E-state index contributed by atoms with van der Waals surface area (Å²) in [6, 6.07) is 5.37. The monoisotopic (exact) mass is 333 g/mol. The van der Waals surface area contributed by atoms with Gasteiger partial charge < -0.3 is 14.6 Å². The zero-order chi connectivity index (χ0) is 17.1. The van der Waals surface area contributed by atoms with Crippen LogP contribution in [0.4, 0.5) is 13.2 Å². The average Bonchev–Trinajstić information content (AvgIpc) is 2.48. The molecule has 1 fully saturated rings. The van der Waals surface area contributed by atoms with Gasteiger partial charge in [0.15, 0.2) is 0 Å². The number of piperidine rings is 1. The van der Waals surface area contributed by atoms with Crippen molar-refractivity contribution in [3.8, 4) is 5.75 Å². The number of benzene rings is 1. The molecular weight excluding hydrogens is 315 g/mol. The van der Waals surface area contributed by atoms with Crippen molar-refractivity contribution in [1.82, 2.24) is 4.90 Å². The number of alkyl halides is 3. The first-order valence-electron chi connectivity index (χ1n) is 7.10. The number of nitrogens with zero attached hydrogens (tertiary/aromatic N) is 1. The van der Waals surface area contributed by atoms with E-state index in [2.05, 4.69) is 9.47 Å². The van der Waals surface area contributed by atoms with Crippen molar-refractivity contribution in [2.45, 2.75) is 24.8 Å². The number of aliphatic hydroxyl groups is 1. The second-order valence-corrected chi connectivity index (χ2v) is 5.46. The number of methoxy groups -OCH3 is 1. The highest BCUT2D eigenvalue weighted by Crippen LogP contribution is 2.35. The van der Waals surface area contributed by atoms with Crippen LogP contribution in [0.15, 0.2) is 24.3 Å². The summed E-state index contributed by atoms with van der Waals surface area (Å²) >= 11 is 0. The zero-order valence-electron chi connectivity index (χ0n) is 12.6. The minimum Gasteiger partial charge on any atom is -0.468 e. The fourth-order valence-corrected chi connectivity index (χ4v) is 2.60. The molecule has 0 amide bonds. The molecule has 0 aliphatic carbocycles. The van der Waals surface area contributed by atoms with Gasteiger partial charge >= 0.3 is 12.3 Å². The first kappa shape index (κ1) is 17.6. The Hall–Kier alpha value is -1.80. The van der Waals surface area contributed by atoms with Crippen LogP contribution in [0, 0.1) is 0 Å². The van der Waals surface area contributed by atoms with Gasteiger partial charge in [0.05, 0.1) is 19.3 Å². The van der Waals surface area contributed by atoms with Crippen LogP contribution in [-0.4, -0.2) is 49.1 Å². The van der Waals surface area contributed by atoms with Gasteiger partial charge in [0.1, 0.15) is 5.75 Å². The van der Waals surface area contributed by atoms with Gasteiger partial charge in [0.2, 0.25) is 0 Å². The largest absolute Gasteiger partial charge is 0.573 e. The minimum atomic E-state index is -4.77. The molecule has 1 heterocycles. The highest BCUT2D eigenvalue weighted by Gasteiger charge is 2.36. The summed E-state index contributed by atoms with van der Waals surface area (Å²) in [6.07, 6.45) is -4.16. The number of rotatable bonds is 4. The Morgan fingerprint density at radius 2 is 2.00 bits per heavy atom. The molecule has 128 valence electrons. The SMILES string of the molecule is COC(=O)CN1CCC(O)(c2cccc(OC(F)(F)F)c2)CC1. The van der Waals surface area contributed by atoms with Crippen molar-refractivity contribution in [3.05, 3.63) is 29.8 Å². The maximum absolute atomic E-state index is 12.3. The molecule has 0 unspecified atom stereocenters. The Morgan fingerprint density at radius 3 is 2.57 bits per heavy atom. The Bertz CT molecular complexity index is 554. The molecular formula is C15H18F3NO4. The summed E-state index contributed by atoms with van der Waals surface area (Å²) in [5, 5.41) is 10.7. The molecule has 0 spiro atoms. The van der Waals surface area contributed by atoms with Crippen LogP contribution in [0.3, 0.4) is 0 Å². The van der Waals surface area contributed by atoms with Crippen molar-refractivity contribution >= 4 is 5.97 Å². The Balaban J connectivity index is 2.04. The molecule has 1 aliphatic rings. The molecule has 8 heteroatoms. The van der Waals surface area contributed by atoms with Crippen LogP contribution < -0.4 is 4.74 Å². The van der Waals surface area contributed by atoms with Crippen LogP contribution in [0.1, 0.15) is 18.4 Å². The summed E-state index contributed by atoms with van der Waals surface area (Å²) in [7, 11) is 1.30. The van der Waals surface area contributed by atoms with Gasteiger partial charge in [0, 0.05) is 13.1 Å². The average molecular weight is 333 g/mol. The predicted octanol–water partition coefficient (Wildman–Crippen LogP) is 2.04. The standard InChI is InChI=1S/C15H18F3NO4/c1-22-13(20)10-19-7-5-14(21,6-8-19)11-3-2-4-12(9-11)23-15(16,17)18/h2-4,9,21H,5-8,10H2,1H3. The van der Waals surface area contributed by atoms with Crippen LogP contribution in [-0.2, 0) is 15.1 Å². The second-order valence-electron chi connectivity index (χ2n) is 5.46. The number of hydrogen-bond donors (Lipinski definition) is 1. The number of carbonyl (C=O) groups is 1. The van der Waals surface area contributed by atoms with Gasteiger partial charge in [-0.15, -0.1) is 13.2 Å². The van der Waals surface area contributed by atoms with E-state index < -0.39 is 12.0 Å². The topological polar surface area (TPSA) is 59.0 Å². The van der Waals surface area contributed by atoms with Crippen LogP contribution >= 0.6 is 0 Å². The summed E-state index contributed by atoms with van der Waals surface area (Å²) in [6.45, 7) is 1.01. The molecule has 0 bridgehead atoms. The molecule has 1 N–H and O–H groups in total. The molecule has 1 aliphatic heterocycles. The quantitative estimate of drug-likeness (QED) is 0.855. The van der Waals surface area contributed by atoms with E-state index in [1.54, 1.807) is 6.07 Å². The van der Waals surface area contributed by atoms with Gasteiger partial charge in [0.25, 0.3) is 0 Å². The van der Waals surface area contributed by atoms with Crippen LogP contribution in [0.5, 0.6) is 5.75 Å². The fraction of sp³-hybridized carbons (Fsp3) is 0.533. The smallest absolute Gasteiger partial charge is 0.468 e. The third-order valence-corrected chi connectivity index (χ3v) is 3.87. The van der Waals surface area contributed by atoms with E-state index in [0.717, 1.165) is 0 Å². The molecule has 0 radical (unpaired) electrons. The first-order chi connectivity index (χ1) is 10.7. The Morgan fingerprint density at radius 1 is 1.35 bits per heavy atom. The number of ether oxygens (including phenoxy) is 2. The lowest BCUT2D eigenvalue weighted by molar-refractivity contribution is -0.274. The predicted molar refractivity (Wildman–Crippen MR) is 74.7 cm³/mol. The summed E-state index contributed by atoms with van der Waals surface area (Å²) in [5.74, 6) is -0.726. The fourth-order valence-electron chi connectivity index (χ4n) is 2.60. The van der Waals surface area contributed by atoms with E-state index in [-0.39, 0.29) is 18.3 Å². The highest BCUT2D eigenvalue weighted by molar-refractivity contribution is 5.71. The highest BCUT2D eigenvalue weighted by atomic mass is 19.4. The third-order valence-electron chi connectivity index (χ3n) is 3.87. The van der Waals surface area contributed by atoms with Crippen LogP contribution in [0.2, 0.25) is 0 Å². The van der Waals surface area contributed by atoms with E-state index >= 15 is 0 Å². The van der Waals surface area contributed by atoms with Gasteiger partial charge in [-0.05, 0) is 30.5 Å². The number of halogens is 3.